The van der Waals surface area contributed by atoms with E-state index in [0.29, 0.717) is 0 Å². The summed E-state index contributed by atoms with van der Waals surface area (Å²) in [5.41, 5.74) is 5.70. The van der Waals surface area contributed by atoms with Crippen molar-refractivity contribution in [1.82, 2.24) is 5.32 Å². The SMILES string of the molecule is CCC(CN)CCNC1CCCCCC1. The van der Waals surface area contributed by atoms with Gasteiger partial charge in [0.1, 0.15) is 0 Å². The Morgan fingerprint density at radius 3 is 2.40 bits per heavy atom. The van der Waals surface area contributed by atoms with Crippen LogP contribution in [0.4, 0.5) is 0 Å². The molecule has 0 bridgehead atoms. The fraction of sp³-hybridized carbons (Fsp3) is 1.00. The summed E-state index contributed by atoms with van der Waals surface area (Å²) in [5, 5.41) is 3.71. The maximum Gasteiger partial charge on any atom is 0.00670 e. The molecule has 0 aliphatic heterocycles. The molecule has 0 heterocycles. The van der Waals surface area contributed by atoms with E-state index >= 15 is 0 Å². The molecule has 0 saturated heterocycles. The van der Waals surface area contributed by atoms with Gasteiger partial charge < -0.3 is 11.1 Å². The average Bonchev–Trinajstić information content (AvgIpc) is 2.53. The molecule has 0 amide bonds. The van der Waals surface area contributed by atoms with Crippen LogP contribution in [0.1, 0.15) is 58.3 Å². The van der Waals surface area contributed by atoms with Gasteiger partial charge in [0, 0.05) is 6.04 Å². The van der Waals surface area contributed by atoms with Crippen molar-refractivity contribution < 1.29 is 0 Å². The lowest BCUT2D eigenvalue weighted by atomic mass is 10.0. The molecule has 1 rings (SSSR count). The van der Waals surface area contributed by atoms with Crippen LogP contribution in [0.25, 0.3) is 0 Å². The van der Waals surface area contributed by atoms with Gasteiger partial charge in [0.15, 0.2) is 0 Å². The molecular formula is C13H28N2. The van der Waals surface area contributed by atoms with E-state index in [4.69, 9.17) is 5.73 Å². The molecule has 0 aromatic rings. The Bertz CT molecular complexity index is 135. The Morgan fingerprint density at radius 1 is 1.20 bits per heavy atom. The molecule has 0 spiro atoms. The molecule has 1 fully saturated rings. The van der Waals surface area contributed by atoms with Crippen molar-refractivity contribution in [3.05, 3.63) is 0 Å². The van der Waals surface area contributed by atoms with Crippen LogP contribution in [-0.2, 0) is 0 Å². The quantitative estimate of drug-likeness (QED) is 0.664. The number of hydrogen-bond donors (Lipinski definition) is 2. The fourth-order valence-electron chi connectivity index (χ4n) is 2.46. The predicted molar refractivity (Wildman–Crippen MR) is 66.9 cm³/mol. The van der Waals surface area contributed by atoms with Crippen LogP contribution in [0.5, 0.6) is 0 Å². The van der Waals surface area contributed by atoms with E-state index in [1.807, 2.05) is 0 Å². The molecule has 1 aliphatic rings. The van der Waals surface area contributed by atoms with Gasteiger partial charge in [-0.1, -0.05) is 39.0 Å². The minimum Gasteiger partial charge on any atom is -0.330 e. The van der Waals surface area contributed by atoms with Crippen LogP contribution < -0.4 is 11.1 Å². The monoisotopic (exact) mass is 212 g/mol. The third-order valence-electron chi connectivity index (χ3n) is 3.75. The second-order valence-corrected chi connectivity index (χ2v) is 4.94. The molecule has 0 aromatic carbocycles. The van der Waals surface area contributed by atoms with Gasteiger partial charge >= 0.3 is 0 Å². The standard InChI is InChI=1S/C13H28N2/c1-2-12(11-14)9-10-15-13-7-5-3-4-6-8-13/h12-13,15H,2-11,14H2,1H3. The summed E-state index contributed by atoms with van der Waals surface area (Å²) in [5.74, 6) is 0.725. The first kappa shape index (κ1) is 13.0. The molecule has 3 N–H and O–H groups in total. The maximum absolute atomic E-state index is 5.70. The first-order valence-corrected chi connectivity index (χ1v) is 6.80. The van der Waals surface area contributed by atoms with Crippen molar-refractivity contribution in [2.24, 2.45) is 11.7 Å². The number of nitrogens with two attached hydrogens (primary N) is 1. The molecule has 0 radical (unpaired) electrons. The van der Waals surface area contributed by atoms with Crippen LogP contribution >= 0.6 is 0 Å². The largest absolute Gasteiger partial charge is 0.330 e. The molecular weight excluding hydrogens is 184 g/mol. The third kappa shape index (κ3) is 5.53. The predicted octanol–water partition coefficient (Wildman–Crippen LogP) is 2.67. The molecule has 1 unspecified atom stereocenters. The highest BCUT2D eigenvalue weighted by Crippen LogP contribution is 2.17. The summed E-state index contributed by atoms with van der Waals surface area (Å²) in [7, 11) is 0. The van der Waals surface area contributed by atoms with Gasteiger partial charge in [-0.25, -0.2) is 0 Å². The van der Waals surface area contributed by atoms with E-state index in [9.17, 15) is 0 Å². The van der Waals surface area contributed by atoms with Gasteiger partial charge in [0.05, 0.1) is 0 Å². The lowest BCUT2D eigenvalue weighted by molar-refractivity contribution is 0.407. The first-order chi connectivity index (χ1) is 7.36. The van der Waals surface area contributed by atoms with Gasteiger partial charge in [0.2, 0.25) is 0 Å². The van der Waals surface area contributed by atoms with Crippen LogP contribution in [0.3, 0.4) is 0 Å². The van der Waals surface area contributed by atoms with Crippen molar-refractivity contribution in [3.8, 4) is 0 Å². The van der Waals surface area contributed by atoms with E-state index in [1.165, 1.54) is 57.9 Å². The maximum atomic E-state index is 5.70. The molecule has 1 aliphatic carbocycles. The molecule has 15 heavy (non-hydrogen) atoms. The molecule has 2 heteroatoms. The lowest BCUT2D eigenvalue weighted by Gasteiger charge is -2.18. The van der Waals surface area contributed by atoms with Gasteiger partial charge in [0.25, 0.3) is 0 Å². The first-order valence-electron chi connectivity index (χ1n) is 6.80. The molecule has 1 saturated carbocycles. The summed E-state index contributed by atoms with van der Waals surface area (Å²) in [6, 6.07) is 0.794. The molecule has 2 nitrogen and oxygen atoms in total. The zero-order valence-electron chi connectivity index (χ0n) is 10.3. The third-order valence-corrected chi connectivity index (χ3v) is 3.75. The van der Waals surface area contributed by atoms with Crippen molar-refractivity contribution in [2.75, 3.05) is 13.1 Å². The average molecular weight is 212 g/mol. The van der Waals surface area contributed by atoms with Crippen molar-refractivity contribution in [2.45, 2.75) is 64.3 Å². The Balaban J connectivity index is 2.07. The smallest absolute Gasteiger partial charge is 0.00670 e. The van der Waals surface area contributed by atoms with Crippen molar-refractivity contribution in [3.63, 3.8) is 0 Å². The Labute approximate surface area is 95.0 Å². The van der Waals surface area contributed by atoms with Gasteiger partial charge in [-0.2, -0.15) is 0 Å². The zero-order valence-corrected chi connectivity index (χ0v) is 10.3. The number of nitrogens with one attached hydrogen (secondary N) is 1. The van der Waals surface area contributed by atoms with E-state index in [1.54, 1.807) is 0 Å². The molecule has 1 atom stereocenters. The highest BCUT2D eigenvalue weighted by molar-refractivity contribution is 4.71. The second-order valence-electron chi connectivity index (χ2n) is 4.94. The minimum absolute atomic E-state index is 0.725. The normalized spacial score (nSPS) is 21.2. The van der Waals surface area contributed by atoms with E-state index in [2.05, 4.69) is 12.2 Å². The van der Waals surface area contributed by atoms with E-state index in [0.717, 1.165) is 18.5 Å². The van der Waals surface area contributed by atoms with Crippen LogP contribution in [-0.4, -0.2) is 19.1 Å². The Hall–Kier alpha value is -0.0800. The topological polar surface area (TPSA) is 38.0 Å². The van der Waals surface area contributed by atoms with Gasteiger partial charge in [-0.15, -0.1) is 0 Å². The van der Waals surface area contributed by atoms with E-state index < -0.39 is 0 Å². The van der Waals surface area contributed by atoms with Crippen LogP contribution in [0.2, 0.25) is 0 Å². The summed E-state index contributed by atoms with van der Waals surface area (Å²) < 4.78 is 0. The molecule has 90 valence electrons. The number of hydrogen-bond acceptors (Lipinski definition) is 2. The zero-order chi connectivity index (χ0) is 10.9. The highest BCUT2D eigenvalue weighted by atomic mass is 14.9. The highest BCUT2D eigenvalue weighted by Gasteiger charge is 2.11. The fourth-order valence-corrected chi connectivity index (χ4v) is 2.46. The summed E-state index contributed by atoms with van der Waals surface area (Å²) in [6.45, 7) is 4.26. The minimum atomic E-state index is 0.725. The Morgan fingerprint density at radius 2 is 1.87 bits per heavy atom. The van der Waals surface area contributed by atoms with Crippen LogP contribution in [0.15, 0.2) is 0 Å². The van der Waals surface area contributed by atoms with Crippen LogP contribution in [0, 0.1) is 5.92 Å². The molecule has 0 aromatic heterocycles. The van der Waals surface area contributed by atoms with Gasteiger partial charge in [-0.3, -0.25) is 0 Å². The summed E-state index contributed by atoms with van der Waals surface area (Å²) in [4.78, 5) is 0. The van der Waals surface area contributed by atoms with Gasteiger partial charge in [-0.05, 0) is 38.3 Å². The summed E-state index contributed by atoms with van der Waals surface area (Å²) in [6.07, 6.45) is 11.0. The Kier molecular flexibility index (Phi) is 7.03. The van der Waals surface area contributed by atoms with Crippen molar-refractivity contribution >= 4 is 0 Å². The lowest BCUT2D eigenvalue weighted by Crippen LogP contribution is -2.31. The van der Waals surface area contributed by atoms with E-state index in [-0.39, 0.29) is 0 Å². The number of rotatable bonds is 6. The summed E-state index contributed by atoms with van der Waals surface area (Å²) >= 11 is 0. The second kappa shape index (κ2) is 8.12. The van der Waals surface area contributed by atoms with Crippen molar-refractivity contribution in [1.29, 1.82) is 0 Å².